The standard InChI is InChI=1S/C17H18FNOS/c1-2-11-6-7-21-16(11)10-19-17(20)15-9-14(15)12-4-3-5-13(18)8-12/h3-8,14-15H,2,9-10H2,1H3,(H,19,20). The van der Waals surface area contributed by atoms with Crippen LogP contribution in [0.4, 0.5) is 4.39 Å². The van der Waals surface area contributed by atoms with E-state index in [1.54, 1.807) is 17.4 Å². The summed E-state index contributed by atoms with van der Waals surface area (Å²) in [6, 6.07) is 8.68. The topological polar surface area (TPSA) is 29.1 Å². The minimum atomic E-state index is -0.232. The molecule has 21 heavy (non-hydrogen) atoms. The molecule has 0 saturated heterocycles. The number of carbonyl (C=O) groups is 1. The number of carbonyl (C=O) groups excluding carboxylic acids is 1. The number of hydrogen-bond acceptors (Lipinski definition) is 2. The third-order valence-electron chi connectivity index (χ3n) is 4.05. The van der Waals surface area contributed by atoms with Crippen molar-refractivity contribution in [3.05, 3.63) is 57.5 Å². The van der Waals surface area contributed by atoms with Crippen LogP contribution in [-0.2, 0) is 17.8 Å². The molecule has 2 aromatic rings. The van der Waals surface area contributed by atoms with Gasteiger partial charge < -0.3 is 5.32 Å². The zero-order chi connectivity index (χ0) is 14.8. The molecule has 3 rings (SSSR count). The zero-order valence-corrected chi connectivity index (χ0v) is 12.8. The number of benzene rings is 1. The lowest BCUT2D eigenvalue weighted by atomic mass is 10.1. The van der Waals surface area contributed by atoms with E-state index in [0.717, 1.165) is 18.4 Å². The fourth-order valence-corrected chi connectivity index (χ4v) is 3.64. The molecule has 2 unspecified atom stereocenters. The summed E-state index contributed by atoms with van der Waals surface area (Å²) in [6.07, 6.45) is 1.81. The van der Waals surface area contributed by atoms with E-state index in [1.807, 2.05) is 6.07 Å². The molecule has 1 aromatic heterocycles. The Labute approximate surface area is 128 Å². The first-order chi connectivity index (χ1) is 10.2. The molecule has 1 fully saturated rings. The molecule has 1 aromatic carbocycles. The Morgan fingerprint density at radius 2 is 2.29 bits per heavy atom. The lowest BCUT2D eigenvalue weighted by molar-refractivity contribution is -0.122. The van der Waals surface area contributed by atoms with Crippen LogP contribution in [0.1, 0.15) is 35.3 Å². The van der Waals surface area contributed by atoms with Gasteiger partial charge in [0.25, 0.3) is 0 Å². The van der Waals surface area contributed by atoms with Gasteiger partial charge >= 0.3 is 0 Å². The molecule has 0 bridgehead atoms. The second-order valence-electron chi connectivity index (χ2n) is 5.44. The van der Waals surface area contributed by atoms with Crippen LogP contribution in [0.15, 0.2) is 35.7 Å². The van der Waals surface area contributed by atoms with Crippen LogP contribution in [0.5, 0.6) is 0 Å². The molecule has 1 saturated carbocycles. The van der Waals surface area contributed by atoms with Gasteiger partial charge in [-0.05, 0) is 53.5 Å². The van der Waals surface area contributed by atoms with Crippen molar-refractivity contribution < 1.29 is 9.18 Å². The minimum absolute atomic E-state index is 0.00293. The van der Waals surface area contributed by atoms with Crippen molar-refractivity contribution in [2.24, 2.45) is 5.92 Å². The Hall–Kier alpha value is -1.68. The van der Waals surface area contributed by atoms with Crippen molar-refractivity contribution in [1.29, 1.82) is 0 Å². The predicted molar refractivity (Wildman–Crippen MR) is 82.8 cm³/mol. The molecule has 0 radical (unpaired) electrons. The SMILES string of the molecule is CCc1ccsc1CNC(=O)C1CC1c1cccc(F)c1. The van der Waals surface area contributed by atoms with Gasteiger partial charge in [-0.3, -0.25) is 4.79 Å². The fourth-order valence-electron chi connectivity index (χ4n) is 2.73. The van der Waals surface area contributed by atoms with Crippen LogP contribution >= 0.6 is 11.3 Å². The van der Waals surface area contributed by atoms with Crippen LogP contribution in [0.3, 0.4) is 0 Å². The molecular weight excluding hydrogens is 285 g/mol. The third kappa shape index (κ3) is 3.16. The maximum absolute atomic E-state index is 13.2. The largest absolute Gasteiger partial charge is 0.351 e. The third-order valence-corrected chi connectivity index (χ3v) is 5.01. The Bertz CT molecular complexity index is 652. The Morgan fingerprint density at radius 1 is 1.43 bits per heavy atom. The zero-order valence-electron chi connectivity index (χ0n) is 11.9. The number of aryl methyl sites for hydroxylation is 1. The van der Waals surface area contributed by atoms with Crippen molar-refractivity contribution in [3.8, 4) is 0 Å². The van der Waals surface area contributed by atoms with Crippen molar-refractivity contribution in [3.63, 3.8) is 0 Å². The molecule has 1 heterocycles. The molecule has 1 aliphatic rings. The van der Waals surface area contributed by atoms with E-state index < -0.39 is 0 Å². The quantitative estimate of drug-likeness (QED) is 0.892. The second kappa shape index (κ2) is 5.98. The molecule has 2 atom stereocenters. The lowest BCUT2D eigenvalue weighted by Crippen LogP contribution is -2.24. The van der Waals surface area contributed by atoms with Gasteiger partial charge in [0.05, 0.1) is 6.54 Å². The highest BCUT2D eigenvalue weighted by molar-refractivity contribution is 7.10. The highest BCUT2D eigenvalue weighted by Crippen LogP contribution is 2.47. The molecule has 0 aliphatic heterocycles. The molecule has 1 aliphatic carbocycles. The summed E-state index contributed by atoms with van der Waals surface area (Å²) < 4.78 is 13.2. The molecule has 4 heteroatoms. The van der Waals surface area contributed by atoms with Crippen LogP contribution in [0, 0.1) is 11.7 Å². The molecule has 110 valence electrons. The number of hydrogen-bond donors (Lipinski definition) is 1. The first kappa shape index (κ1) is 14.3. The van der Waals surface area contributed by atoms with E-state index in [2.05, 4.69) is 23.7 Å². The molecule has 0 spiro atoms. The maximum Gasteiger partial charge on any atom is 0.224 e. The van der Waals surface area contributed by atoms with Crippen LogP contribution in [0.2, 0.25) is 0 Å². The van der Waals surface area contributed by atoms with Gasteiger partial charge in [-0.1, -0.05) is 19.1 Å². The Balaban J connectivity index is 1.56. The lowest BCUT2D eigenvalue weighted by Gasteiger charge is -2.05. The van der Waals surface area contributed by atoms with Crippen LogP contribution < -0.4 is 5.32 Å². The summed E-state index contributed by atoms with van der Waals surface area (Å²) >= 11 is 1.68. The Kier molecular flexibility index (Phi) is 4.06. The second-order valence-corrected chi connectivity index (χ2v) is 6.44. The van der Waals surface area contributed by atoms with Gasteiger partial charge in [0.2, 0.25) is 5.91 Å². The van der Waals surface area contributed by atoms with Gasteiger partial charge in [-0.15, -0.1) is 11.3 Å². The summed E-state index contributed by atoms with van der Waals surface area (Å²) in [5.41, 5.74) is 2.23. The van der Waals surface area contributed by atoms with Gasteiger partial charge in [-0.2, -0.15) is 0 Å². The monoisotopic (exact) mass is 303 g/mol. The van der Waals surface area contributed by atoms with Crippen molar-refractivity contribution in [2.75, 3.05) is 0 Å². The highest BCUT2D eigenvalue weighted by atomic mass is 32.1. The van der Waals surface area contributed by atoms with E-state index in [4.69, 9.17) is 0 Å². The number of halogens is 1. The molecule has 1 amide bonds. The first-order valence-electron chi connectivity index (χ1n) is 7.27. The van der Waals surface area contributed by atoms with Gasteiger partial charge in [0.15, 0.2) is 0 Å². The van der Waals surface area contributed by atoms with Crippen molar-refractivity contribution >= 4 is 17.2 Å². The number of amides is 1. The van der Waals surface area contributed by atoms with E-state index >= 15 is 0 Å². The average Bonchev–Trinajstić information content (AvgIpc) is 3.16. The van der Waals surface area contributed by atoms with Crippen molar-refractivity contribution in [1.82, 2.24) is 5.32 Å². The molecule has 2 nitrogen and oxygen atoms in total. The smallest absolute Gasteiger partial charge is 0.224 e. The molecule has 1 N–H and O–H groups in total. The first-order valence-corrected chi connectivity index (χ1v) is 8.15. The summed E-state index contributed by atoms with van der Waals surface area (Å²) in [6.45, 7) is 2.72. The predicted octanol–water partition coefficient (Wildman–Crippen LogP) is 3.87. The van der Waals surface area contributed by atoms with Gasteiger partial charge in [0, 0.05) is 10.8 Å². The van der Waals surface area contributed by atoms with Gasteiger partial charge in [0.1, 0.15) is 5.82 Å². The maximum atomic E-state index is 13.2. The van der Waals surface area contributed by atoms with E-state index in [1.165, 1.54) is 22.6 Å². The van der Waals surface area contributed by atoms with Crippen LogP contribution in [-0.4, -0.2) is 5.91 Å². The van der Waals surface area contributed by atoms with E-state index in [-0.39, 0.29) is 23.6 Å². The number of rotatable bonds is 5. The van der Waals surface area contributed by atoms with Crippen LogP contribution in [0.25, 0.3) is 0 Å². The highest BCUT2D eigenvalue weighted by Gasteiger charge is 2.43. The normalized spacial score (nSPS) is 20.3. The van der Waals surface area contributed by atoms with Gasteiger partial charge in [-0.25, -0.2) is 4.39 Å². The summed E-state index contributed by atoms with van der Waals surface area (Å²) in [5.74, 6) is 0.0240. The summed E-state index contributed by atoms with van der Waals surface area (Å²) in [4.78, 5) is 13.4. The van der Waals surface area contributed by atoms with E-state index in [9.17, 15) is 9.18 Å². The number of nitrogens with one attached hydrogen (secondary N) is 1. The number of thiophene rings is 1. The van der Waals surface area contributed by atoms with Crippen molar-refractivity contribution in [2.45, 2.75) is 32.2 Å². The fraction of sp³-hybridized carbons (Fsp3) is 0.353. The van der Waals surface area contributed by atoms with E-state index in [0.29, 0.717) is 6.54 Å². The molecular formula is C17H18FNOS. The Morgan fingerprint density at radius 3 is 3.05 bits per heavy atom. The summed E-state index contributed by atoms with van der Waals surface area (Å²) in [5, 5.41) is 5.08. The average molecular weight is 303 g/mol. The minimum Gasteiger partial charge on any atom is -0.351 e. The summed E-state index contributed by atoms with van der Waals surface area (Å²) in [7, 11) is 0.